The maximum atomic E-state index is 11.5. The van der Waals surface area contributed by atoms with Gasteiger partial charge in [0.05, 0.1) is 5.69 Å². The number of anilines is 1. The Bertz CT molecular complexity index is 497. The van der Waals surface area contributed by atoms with Gasteiger partial charge in [0.25, 0.3) is 0 Å². The number of hydrogen-bond acceptors (Lipinski definition) is 5. The summed E-state index contributed by atoms with van der Waals surface area (Å²) in [6.07, 6.45) is 1.01. The van der Waals surface area contributed by atoms with E-state index in [1.165, 1.54) is 18.3 Å². The first-order chi connectivity index (χ1) is 9.90. The van der Waals surface area contributed by atoms with Crippen molar-refractivity contribution in [2.24, 2.45) is 0 Å². The molecule has 6 nitrogen and oxygen atoms in total. The van der Waals surface area contributed by atoms with E-state index in [1.54, 1.807) is 4.90 Å². The highest BCUT2D eigenvalue weighted by molar-refractivity contribution is 7.14. The molecule has 1 rings (SSSR count). The Labute approximate surface area is 129 Å². The van der Waals surface area contributed by atoms with E-state index >= 15 is 0 Å². The van der Waals surface area contributed by atoms with Gasteiger partial charge in [0.15, 0.2) is 5.13 Å². The van der Waals surface area contributed by atoms with Gasteiger partial charge >= 0.3 is 5.97 Å². The molecule has 0 unspecified atom stereocenters. The summed E-state index contributed by atoms with van der Waals surface area (Å²) in [5.74, 6) is -0.893. The van der Waals surface area contributed by atoms with Crippen LogP contribution in [0.1, 0.15) is 46.2 Å². The van der Waals surface area contributed by atoms with Crippen molar-refractivity contribution in [2.45, 2.75) is 52.6 Å². The first kappa shape index (κ1) is 17.6. The van der Waals surface area contributed by atoms with E-state index in [2.05, 4.69) is 10.3 Å². The standard InChI is InChI=1S/C14H23N3O3S/c1-5-14(6-2,12(19)20)15-8-11-9-21-13(16-11)17(7-3)10(4)18/h9,15H,5-8H2,1-4H3,(H,19,20). The number of nitrogens with one attached hydrogen (secondary N) is 1. The van der Waals surface area contributed by atoms with E-state index in [-0.39, 0.29) is 5.91 Å². The molecule has 0 saturated carbocycles. The van der Waals surface area contributed by atoms with Crippen LogP contribution in [0.3, 0.4) is 0 Å². The lowest BCUT2D eigenvalue weighted by Crippen LogP contribution is -2.50. The van der Waals surface area contributed by atoms with Gasteiger partial charge in [-0.15, -0.1) is 11.3 Å². The van der Waals surface area contributed by atoms with Crippen molar-refractivity contribution in [3.63, 3.8) is 0 Å². The number of aromatic nitrogens is 1. The van der Waals surface area contributed by atoms with E-state index < -0.39 is 11.5 Å². The summed E-state index contributed by atoms with van der Waals surface area (Å²) in [5, 5.41) is 15.0. The molecule has 0 bridgehead atoms. The van der Waals surface area contributed by atoms with E-state index in [4.69, 9.17) is 0 Å². The third-order valence-electron chi connectivity index (χ3n) is 3.69. The Hall–Kier alpha value is -1.47. The Morgan fingerprint density at radius 3 is 2.43 bits per heavy atom. The number of carbonyl (C=O) groups is 2. The zero-order valence-electron chi connectivity index (χ0n) is 13.0. The fourth-order valence-corrected chi connectivity index (χ4v) is 3.06. The number of amides is 1. The second-order valence-electron chi connectivity index (χ2n) is 4.83. The minimum Gasteiger partial charge on any atom is -0.480 e. The van der Waals surface area contributed by atoms with Crippen molar-refractivity contribution < 1.29 is 14.7 Å². The van der Waals surface area contributed by atoms with Gasteiger partial charge in [-0.3, -0.25) is 19.8 Å². The van der Waals surface area contributed by atoms with Gasteiger partial charge in [-0.05, 0) is 19.8 Å². The van der Waals surface area contributed by atoms with Crippen molar-refractivity contribution >= 4 is 28.3 Å². The zero-order chi connectivity index (χ0) is 16.0. The van der Waals surface area contributed by atoms with E-state index in [0.29, 0.717) is 31.1 Å². The van der Waals surface area contributed by atoms with Gasteiger partial charge in [-0.25, -0.2) is 4.98 Å². The van der Waals surface area contributed by atoms with Crippen LogP contribution in [0.15, 0.2) is 5.38 Å². The first-order valence-electron chi connectivity index (χ1n) is 7.11. The Kier molecular flexibility index (Phi) is 6.29. The molecule has 1 amide bonds. The minimum absolute atomic E-state index is 0.0478. The minimum atomic E-state index is -0.922. The molecule has 2 N–H and O–H groups in total. The van der Waals surface area contributed by atoms with Crippen LogP contribution in [0, 0.1) is 0 Å². The molecular weight excluding hydrogens is 290 g/mol. The fraction of sp³-hybridized carbons (Fsp3) is 0.643. The molecule has 0 fully saturated rings. The highest BCUT2D eigenvalue weighted by atomic mass is 32.1. The van der Waals surface area contributed by atoms with Gasteiger partial charge < -0.3 is 5.11 Å². The largest absolute Gasteiger partial charge is 0.480 e. The van der Waals surface area contributed by atoms with E-state index in [9.17, 15) is 14.7 Å². The smallest absolute Gasteiger partial charge is 0.323 e. The third-order valence-corrected chi connectivity index (χ3v) is 4.60. The van der Waals surface area contributed by atoms with E-state index in [1.807, 2.05) is 26.2 Å². The van der Waals surface area contributed by atoms with Crippen LogP contribution < -0.4 is 10.2 Å². The van der Waals surface area contributed by atoms with Crippen LogP contribution in [-0.2, 0) is 16.1 Å². The van der Waals surface area contributed by atoms with Crippen LogP contribution in [-0.4, -0.2) is 34.1 Å². The number of rotatable bonds is 8. The van der Waals surface area contributed by atoms with Crippen molar-refractivity contribution in [2.75, 3.05) is 11.4 Å². The number of thiazole rings is 1. The lowest BCUT2D eigenvalue weighted by atomic mass is 9.93. The topological polar surface area (TPSA) is 82.5 Å². The molecule has 0 aliphatic carbocycles. The Morgan fingerprint density at radius 1 is 1.38 bits per heavy atom. The van der Waals surface area contributed by atoms with Gasteiger partial charge in [-0.2, -0.15) is 0 Å². The van der Waals surface area contributed by atoms with Crippen LogP contribution in [0.4, 0.5) is 5.13 Å². The highest BCUT2D eigenvalue weighted by Crippen LogP contribution is 2.22. The van der Waals surface area contributed by atoms with Crippen LogP contribution in [0.2, 0.25) is 0 Å². The Morgan fingerprint density at radius 2 is 2.00 bits per heavy atom. The van der Waals surface area contributed by atoms with Gasteiger partial charge in [0, 0.05) is 25.4 Å². The van der Waals surface area contributed by atoms with Gasteiger partial charge in [0.2, 0.25) is 5.91 Å². The molecule has 0 atom stereocenters. The lowest BCUT2D eigenvalue weighted by Gasteiger charge is -2.27. The molecule has 118 valence electrons. The van der Waals surface area contributed by atoms with Crippen molar-refractivity contribution in [3.8, 4) is 0 Å². The normalized spacial score (nSPS) is 11.4. The first-order valence-corrected chi connectivity index (χ1v) is 7.99. The number of nitrogens with zero attached hydrogens (tertiary/aromatic N) is 2. The van der Waals surface area contributed by atoms with Crippen LogP contribution in [0.5, 0.6) is 0 Å². The molecule has 0 aliphatic heterocycles. The molecule has 0 saturated heterocycles. The maximum Gasteiger partial charge on any atom is 0.323 e. The molecule has 0 aromatic carbocycles. The molecular formula is C14H23N3O3S. The summed E-state index contributed by atoms with van der Waals surface area (Å²) in [6.45, 7) is 8.05. The molecule has 1 aromatic rings. The monoisotopic (exact) mass is 313 g/mol. The number of carboxylic acid groups (broad SMARTS) is 1. The van der Waals surface area contributed by atoms with Crippen molar-refractivity contribution in [1.82, 2.24) is 10.3 Å². The zero-order valence-corrected chi connectivity index (χ0v) is 13.8. The predicted octanol–water partition coefficient (Wildman–Crippen LogP) is 2.25. The number of aliphatic carboxylic acids is 1. The summed E-state index contributed by atoms with van der Waals surface area (Å²) in [6, 6.07) is 0. The van der Waals surface area contributed by atoms with Gasteiger partial charge in [-0.1, -0.05) is 13.8 Å². The molecule has 1 heterocycles. The van der Waals surface area contributed by atoms with Crippen LogP contribution >= 0.6 is 11.3 Å². The van der Waals surface area contributed by atoms with E-state index in [0.717, 1.165) is 5.69 Å². The van der Waals surface area contributed by atoms with Crippen LogP contribution in [0.25, 0.3) is 0 Å². The molecule has 0 radical (unpaired) electrons. The lowest BCUT2D eigenvalue weighted by molar-refractivity contribution is -0.145. The number of hydrogen-bond donors (Lipinski definition) is 2. The predicted molar refractivity (Wildman–Crippen MR) is 83.6 cm³/mol. The summed E-state index contributed by atoms with van der Waals surface area (Å²) in [4.78, 5) is 28.9. The average molecular weight is 313 g/mol. The molecule has 0 aliphatic rings. The average Bonchev–Trinajstić information content (AvgIpc) is 2.89. The molecule has 0 spiro atoms. The fourth-order valence-electron chi connectivity index (χ4n) is 2.13. The number of carbonyl (C=O) groups excluding carboxylic acids is 1. The SMILES string of the molecule is CCN(C(C)=O)c1nc(CNC(CC)(CC)C(=O)O)cs1. The number of carboxylic acids is 1. The molecule has 1 aromatic heterocycles. The summed E-state index contributed by atoms with van der Waals surface area (Å²) in [7, 11) is 0. The Balaban J connectivity index is 2.79. The maximum absolute atomic E-state index is 11.5. The summed E-state index contributed by atoms with van der Waals surface area (Å²) in [5.41, 5.74) is -0.170. The summed E-state index contributed by atoms with van der Waals surface area (Å²) < 4.78 is 0. The second kappa shape index (κ2) is 7.51. The highest BCUT2D eigenvalue weighted by Gasteiger charge is 2.34. The molecule has 21 heavy (non-hydrogen) atoms. The third kappa shape index (κ3) is 4.01. The quantitative estimate of drug-likeness (QED) is 0.769. The second-order valence-corrected chi connectivity index (χ2v) is 5.67. The van der Waals surface area contributed by atoms with Crippen molar-refractivity contribution in [1.29, 1.82) is 0 Å². The summed E-state index contributed by atoms with van der Waals surface area (Å²) >= 11 is 1.39. The van der Waals surface area contributed by atoms with Gasteiger partial charge in [0.1, 0.15) is 5.54 Å². The van der Waals surface area contributed by atoms with Crippen molar-refractivity contribution in [3.05, 3.63) is 11.1 Å². The molecule has 7 heteroatoms.